The van der Waals surface area contributed by atoms with E-state index in [2.05, 4.69) is 16.7 Å². The average Bonchev–Trinajstić information content (AvgIpc) is 2.68. The standard InChI is InChI=1S/C18H23F2N3O3S/c19-15-1-2-16(20)17(11-15)27(25,26)23-9-5-14(6-10-23)18(24)22-12-13-3-7-21-8-4-13/h1-3,11,14,21H,4-10,12H2,(H,22,24). The van der Waals surface area contributed by atoms with Gasteiger partial charge in [0.15, 0.2) is 0 Å². The van der Waals surface area contributed by atoms with Crippen molar-refractivity contribution in [3.05, 3.63) is 41.5 Å². The Morgan fingerprint density at radius 3 is 2.67 bits per heavy atom. The Hall–Kier alpha value is -1.84. The molecule has 1 amide bonds. The number of halogens is 2. The second-order valence-electron chi connectivity index (χ2n) is 6.79. The van der Waals surface area contributed by atoms with Crippen LogP contribution >= 0.6 is 0 Å². The Kier molecular flexibility index (Phi) is 6.23. The van der Waals surface area contributed by atoms with Gasteiger partial charge in [-0.15, -0.1) is 0 Å². The zero-order valence-corrected chi connectivity index (χ0v) is 15.7. The lowest BCUT2D eigenvalue weighted by molar-refractivity contribution is -0.125. The number of sulfonamides is 1. The van der Waals surface area contributed by atoms with E-state index in [-0.39, 0.29) is 24.9 Å². The smallest absolute Gasteiger partial charge is 0.246 e. The molecule has 1 fully saturated rings. The van der Waals surface area contributed by atoms with Gasteiger partial charge in [-0.3, -0.25) is 4.79 Å². The Balaban J connectivity index is 1.57. The predicted octanol–water partition coefficient (Wildman–Crippen LogP) is 1.40. The molecule has 0 atom stereocenters. The lowest BCUT2D eigenvalue weighted by Crippen LogP contribution is -2.43. The van der Waals surface area contributed by atoms with Crippen LogP contribution in [-0.2, 0) is 14.8 Å². The fourth-order valence-electron chi connectivity index (χ4n) is 3.35. The zero-order valence-electron chi connectivity index (χ0n) is 14.9. The third kappa shape index (κ3) is 4.72. The molecule has 0 unspecified atom stereocenters. The first-order chi connectivity index (χ1) is 12.9. The van der Waals surface area contributed by atoms with Crippen LogP contribution in [0, 0.1) is 17.6 Å². The first kappa shape index (κ1) is 19.9. The molecule has 0 aromatic heterocycles. The highest BCUT2D eigenvalue weighted by molar-refractivity contribution is 7.89. The number of carbonyl (C=O) groups excluding carboxylic acids is 1. The Morgan fingerprint density at radius 2 is 2.00 bits per heavy atom. The van der Waals surface area contributed by atoms with E-state index in [4.69, 9.17) is 0 Å². The molecular weight excluding hydrogens is 376 g/mol. The first-order valence-corrected chi connectivity index (χ1v) is 10.4. The van der Waals surface area contributed by atoms with Gasteiger partial charge >= 0.3 is 0 Å². The number of hydrogen-bond donors (Lipinski definition) is 2. The quantitative estimate of drug-likeness (QED) is 0.734. The molecule has 2 N–H and O–H groups in total. The zero-order chi connectivity index (χ0) is 19.4. The second-order valence-corrected chi connectivity index (χ2v) is 8.69. The van der Waals surface area contributed by atoms with Crippen LogP contribution < -0.4 is 10.6 Å². The summed E-state index contributed by atoms with van der Waals surface area (Å²) in [4.78, 5) is 11.7. The summed E-state index contributed by atoms with van der Waals surface area (Å²) in [6.45, 7) is 2.41. The number of nitrogens with zero attached hydrogens (tertiary/aromatic N) is 1. The van der Waals surface area contributed by atoms with Gasteiger partial charge in [0, 0.05) is 32.1 Å². The van der Waals surface area contributed by atoms with Gasteiger partial charge in [0.1, 0.15) is 16.5 Å². The van der Waals surface area contributed by atoms with Crippen molar-refractivity contribution in [2.45, 2.75) is 24.2 Å². The van der Waals surface area contributed by atoms with Crippen molar-refractivity contribution in [2.75, 3.05) is 32.7 Å². The number of hydrogen-bond acceptors (Lipinski definition) is 4. The summed E-state index contributed by atoms with van der Waals surface area (Å²) in [6, 6.07) is 2.37. The molecule has 0 bridgehead atoms. The van der Waals surface area contributed by atoms with Crippen LogP contribution in [0.4, 0.5) is 8.78 Å². The molecule has 148 valence electrons. The fourth-order valence-corrected chi connectivity index (χ4v) is 4.89. The summed E-state index contributed by atoms with van der Waals surface area (Å²) in [5.41, 5.74) is 1.18. The molecular formula is C18H23F2N3O3S. The van der Waals surface area contributed by atoms with Gasteiger partial charge in [0.05, 0.1) is 0 Å². The van der Waals surface area contributed by atoms with Crippen molar-refractivity contribution in [1.29, 1.82) is 0 Å². The molecule has 3 rings (SSSR count). The maximum absolute atomic E-state index is 13.9. The van der Waals surface area contributed by atoms with Gasteiger partial charge in [-0.2, -0.15) is 4.31 Å². The number of piperidine rings is 1. The summed E-state index contributed by atoms with van der Waals surface area (Å²) in [5, 5.41) is 6.12. The minimum Gasteiger partial charge on any atom is -0.352 e. The first-order valence-electron chi connectivity index (χ1n) is 8.99. The van der Waals surface area contributed by atoms with Gasteiger partial charge in [-0.05, 0) is 44.0 Å². The molecule has 1 aromatic rings. The van der Waals surface area contributed by atoms with Crippen molar-refractivity contribution in [3.63, 3.8) is 0 Å². The van der Waals surface area contributed by atoms with Crippen LogP contribution in [0.5, 0.6) is 0 Å². The maximum atomic E-state index is 13.9. The van der Waals surface area contributed by atoms with E-state index in [0.29, 0.717) is 25.5 Å². The molecule has 0 radical (unpaired) electrons. The number of carbonyl (C=O) groups is 1. The Labute approximate surface area is 157 Å². The molecule has 2 aliphatic rings. The average molecular weight is 399 g/mol. The molecule has 0 spiro atoms. The second kappa shape index (κ2) is 8.45. The molecule has 9 heteroatoms. The number of rotatable bonds is 5. The summed E-state index contributed by atoms with van der Waals surface area (Å²) in [5.74, 6) is -2.16. The highest BCUT2D eigenvalue weighted by Gasteiger charge is 2.33. The van der Waals surface area contributed by atoms with E-state index >= 15 is 0 Å². The summed E-state index contributed by atoms with van der Waals surface area (Å²) < 4.78 is 53.5. The molecule has 0 saturated carbocycles. The maximum Gasteiger partial charge on any atom is 0.246 e. The molecule has 2 heterocycles. The van der Waals surface area contributed by atoms with Crippen LogP contribution in [0.1, 0.15) is 19.3 Å². The molecule has 27 heavy (non-hydrogen) atoms. The van der Waals surface area contributed by atoms with E-state index in [1.165, 1.54) is 5.57 Å². The van der Waals surface area contributed by atoms with E-state index in [1.54, 1.807) is 0 Å². The summed E-state index contributed by atoms with van der Waals surface area (Å²) >= 11 is 0. The topological polar surface area (TPSA) is 78.5 Å². The van der Waals surface area contributed by atoms with Crippen LogP contribution in [-0.4, -0.2) is 51.4 Å². The van der Waals surface area contributed by atoms with Gasteiger partial charge in [0.25, 0.3) is 0 Å². The predicted molar refractivity (Wildman–Crippen MR) is 96.4 cm³/mol. The highest BCUT2D eigenvalue weighted by atomic mass is 32.2. The summed E-state index contributed by atoms with van der Waals surface area (Å²) in [7, 11) is -4.12. The molecule has 0 aliphatic carbocycles. The summed E-state index contributed by atoms with van der Waals surface area (Å²) in [6.07, 6.45) is 3.66. The third-order valence-electron chi connectivity index (χ3n) is 4.98. The minimum absolute atomic E-state index is 0.0941. The van der Waals surface area contributed by atoms with Gasteiger partial charge in [-0.25, -0.2) is 17.2 Å². The SMILES string of the molecule is O=C(NCC1=CCNCC1)C1CCN(S(=O)(=O)c2cc(F)ccc2F)CC1. The van der Waals surface area contributed by atoms with E-state index in [9.17, 15) is 22.0 Å². The number of nitrogens with one attached hydrogen (secondary N) is 2. The van der Waals surface area contributed by atoms with Gasteiger partial charge in [0.2, 0.25) is 15.9 Å². The van der Waals surface area contributed by atoms with Crippen LogP contribution in [0.25, 0.3) is 0 Å². The van der Waals surface area contributed by atoms with E-state index in [1.807, 2.05) is 0 Å². The number of amides is 1. The van der Waals surface area contributed by atoms with Gasteiger partial charge in [-0.1, -0.05) is 11.6 Å². The van der Waals surface area contributed by atoms with Gasteiger partial charge < -0.3 is 10.6 Å². The van der Waals surface area contributed by atoms with E-state index < -0.39 is 26.6 Å². The van der Waals surface area contributed by atoms with Crippen molar-refractivity contribution < 1.29 is 22.0 Å². The third-order valence-corrected chi connectivity index (χ3v) is 6.90. The lowest BCUT2D eigenvalue weighted by Gasteiger charge is -2.30. The fraction of sp³-hybridized carbons (Fsp3) is 0.500. The van der Waals surface area contributed by atoms with Crippen LogP contribution in [0.2, 0.25) is 0 Å². The molecule has 1 aromatic carbocycles. The largest absolute Gasteiger partial charge is 0.352 e. The van der Waals surface area contributed by atoms with E-state index in [0.717, 1.165) is 35.9 Å². The Morgan fingerprint density at radius 1 is 1.26 bits per heavy atom. The monoisotopic (exact) mass is 399 g/mol. The minimum atomic E-state index is -4.12. The molecule has 2 aliphatic heterocycles. The van der Waals surface area contributed by atoms with Crippen molar-refractivity contribution in [1.82, 2.24) is 14.9 Å². The van der Waals surface area contributed by atoms with Crippen LogP contribution in [0.3, 0.4) is 0 Å². The number of benzene rings is 1. The lowest BCUT2D eigenvalue weighted by atomic mass is 9.97. The molecule has 1 saturated heterocycles. The van der Waals surface area contributed by atoms with Crippen molar-refractivity contribution in [3.8, 4) is 0 Å². The van der Waals surface area contributed by atoms with Crippen molar-refractivity contribution >= 4 is 15.9 Å². The molecule has 6 nitrogen and oxygen atoms in total. The Bertz CT molecular complexity index is 834. The van der Waals surface area contributed by atoms with Crippen LogP contribution in [0.15, 0.2) is 34.7 Å². The normalized spacial score (nSPS) is 19.6. The van der Waals surface area contributed by atoms with Crippen molar-refractivity contribution in [2.24, 2.45) is 5.92 Å². The highest BCUT2D eigenvalue weighted by Crippen LogP contribution is 2.26.